The second-order valence-electron chi connectivity index (χ2n) is 5.47. The summed E-state index contributed by atoms with van der Waals surface area (Å²) in [6.45, 7) is 2.09. The van der Waals surface area contributed by atoms with Crippen LogP contribution in [0.2, 0.25) is 0 Å². The van der Waals surface area contributed by atoms with Crippen molar-refractivity contribution in [1.29, 1.82) is 0 Å². The van der Waals surface area contributed by atoms with E-state index in [0.717, 1.165) is 5.75 Å². The third-order valence-corrected chi connectivity index (χ3v) is 5.18. The van der Waals surface area contributed by atoms with Crippen molar-refractivity contribution in [2.45, 2.75) is 31.0 Å². The molecule has 20 heavy (non-hydrogen) atoms. The number of halogens is 1. The molecule has 0 spiro atoms. The standard InChI is InChI=1S/C18H19BrO/c1-12-10-15(8-9-17(12)20-2)18(19)16-7-6-13-4-3-5-14(13)11-16/h6-11,18H,3-5H2,1-2H3. The Bertz CT molecular complexity index is 633. The summed E-state index contributed by atoms with van der Waals surface area (Å²) in [5.74, 6) is 0.947. The van der Waals surface area contributed by atoms with Crippen molar-refractivity contribution < 1.29 is 4.74 Å². The van der Waals surface area contributed by atoms with Crippen LogP contribution in [-0.2, 0) is 12.8 Å². The molecule has 1 nitrogen and oxygen atoms in total. The van der Waals surface area contributed by atoms with E-state index in [2.05, 4.69) is 53.2 Å². The highest BCUT2D eigenvalue weighted by Gasteiger charge is 2.16. The van der Waals surface area contributed by atoms with Crippen LogP contribution in [0.25, 0.3) is 0 Å². The lowest BCUT2D eigenvalue weighted by atomic mass is 9.99. The maximum atomic E-state index is 5.33. The summed E-state index contributed by atoms with van der Waals surface area (Å²) in [5, 5.41) is 0. The number of aryl methyl sites for hydroxylation is 3. The molecule has 0 saturated carbocycles. The maximum Gasteiger partial charge on any atom is 0.121 e. The zero-order valence-corrected chi connectivity index (χ0v) is 13.5. The van der Waals surface area contributed by atoms with Crippen LogP contribution in [0, 0.1) is 6.92 Å². The Kier molecular flexibility index (Phi) is 3.84. The second-order valence-corrected chi connectivity index (χ2v) is 6.39. The van der Waals surface area contributed by atoms with Gasteiger partial charge in [0.25, 0.3) is 0 Å². The molecule has 0 fully saturated rings. The third kappa shape index (κ3) is 2.49. The van der Waals surface area contributed by atoms with E-state index in [-0.39, 0.29) is 4.83 Å². The molecule has 2 heteroatoms. The Morgan fingerprint density at radius 1 is 1.00 bits per heavy atom. The van der Waals surface area contributed by atoms with E-state index in [1.165, 1.54) is 47.1 Å². The van der Waals surface area contributed by atoms with Crippen molar-refractivity contribution >= 4 is 15.9 Å². The summed E-state index contributed by atoms with van der Waals surface area (Å²) in [6, 6.07) is 13.3. The largest absolute Gasteiger partial charge is 0.496 e. The first kappa shape index (κ1) is 13.7. The molecule has 3 rings (SSSR count). The molecule has 0 N–H and O–H groups in total. The number of rotatable bonds is 3. The van der Waals surface area contributed by atoms with Gasteiger partial charge in [-0.2, -0.15) is 0 Å². The number of methoxy groups -OCH3 is 1. The van der Waals surface area contributed by atoms with Crippen molar-refractivity contribution in [1.82, 2.24) is 0 Å². The van der Waals surface area contributed by atoms with Gasteiger partial charge in [-0.3, -0.25) is 0 Å². The lowest BCUT2D eigenvalue weighted by Crippen LogP contribution is -1.96. The molecular weight excluding hydrogens is 312 g/mol. The van der Waals surface area contributed by atoms with E-state index in [1.807, 2.05) is 6.07 Å². The Morgan fingerprint density at radius 3 is 2.45 bits per heavy atom. The Labute approximate surface area is 129 Å². The SMILES string of the molecule is COc1ccc(C(Br)c2ccc3c(c2)CCC3)cc1C. The second kappa shape index (κ2) is 5.61. The minimum Gasteiger partial charge on any atom is -0.496 e. The fourth-order valence-electron chi connectivity index (χ4n) is 3.00. The first-order valence-corrected chi connectivity index (χ1v) is 8.01. The van der Waals surface area contributed by atoms with Gasteiger partial charge in [0, 0.05) is 0 Å². The van der Waals surface area contributed by atoms with Gasteiger partial charge in [-0.25, -0.2) is 0 Å². The van der Waals surface area contributed by atoms with Crippen LogP contribution < -0.4 is 4.74 Å². The van der Waals surface area contributed by atoms with Crippen LogP contribution in [0.4, 0.5) is 0 Å². The van der Waals surface area contributed by atoms with Gasteiger partial charge in [0.1, 0.15) is 5.75 Å². The third-order valence-electron chi connectivity index (χ3n) is 4.13. The topological polar surface area (TPSA) is 9.23 Å². The summed E-state index contributed by atoms with van der Waals surface area (Å²) < 4.78 is 5.33. The predicted molar refractivity (Wildman–Crippen MR) is 87.0 cm³/mol. The molecule has 0 amide bonds. The van der Waals surface area contributed by atoms with Gasteiger partial charge in [-0.15, -0.1) is 0 Å². The summed E-state index contributed by atoms with van der Waals surface area (Å²) in [7, 11) is 1.72. The molecule has 1 atom stereocenters. The van der Waals surface area contributed by atoms with Gasteiger partial charge in [0.15, 0.2) is 0 Å². The lowest BCUT2D eigenvalue weighted by Gasteiger charge is -2.14. The van der Waals surface area contributed by atoms with Crippen molar-refractivity contribution in [3.63, 3.8) is 0 Å². The normalized spacial score (nSPS) is 14.9. The highest BCUT2D eigenvalue weighted by atomic mass is 79.9. The van der Waals surface area contributed by atoms with Crippen molar-refractivity contribution in [3.05, 3.63) is 64.2 Å². The first-order valence-electron chi connectivity index (χ1n) is 7.09. The Balaban J connectivity index is 1.92. The van der Waals surface area contributed by atoms with Crippen LogP contribution >= 0.6 is 15.9 Å². The Hall–Kier alpha value is -1.28. The summed E-state index contributed by atoms with van der Waals surface area (Å²) in [6.07, 6.45) is 3.77. The average Bonchev–Trinajstić information content (AvgIpc) is 2.93. The molecule has 0 aromatic heterocycles. The van der Waals surface area contributed by atoms with Crippen molar-refractivity contribution in [3.8, 4) is 5.75 Å². The number of alkyl halides is 1. The molecule has 2 aromatic carbocycles. The zero-order chi connectivity index (χ0) is 14.1. The van der Waals surface area contributed by atoms with E-state index in [9.17, 15) is 0 Å². The van der Waals surface area contributed by atoms with Gasteiger partial charge in [0.2, 0.25) is 0 Å². The minimum atomic E-state index is 0.248. The molecule has 0 aliphatic heterocycles. The smallest absolute Gasteiger partial charge is 0.121 e. The van der Waals surface area contributed by atoms with E-state index < -0.39 is 0 Å². The van der Waals surface area contributed by atoms with Crippen LogP contribution in [0.1, 0.15) is 39.1 Å². The van der Waals surface area contributed by atoms with Crippen molar-refractivity contribution in [2.75, 3.05) is 7.11 Å². The predicted octanol–water partition coefficient (Wildman–Crippen LogP) is 4.98. The summed E-state index contributed by atoms with van der Waals surface area (Å²) in [5.41, 5.74) is 6.85. The van der Waals surface area contributed by atoms with E-state index >= 15 is 0 Å². The molecule has 1 aliphatic rings. The molecule has 1 unspecified atom stereocenters. The number of benzene rings is 2. The van der Waals surface area contributed by atoms with Gasteiger partial charge in [-0.1, -0.05) is 46.3 Å². The monoisotopic (exact) mass is 330 g/mol. The zero-order valence-electron chi connectivity index (χ0n) is 11.9. The first-order chi connectivity index (χ1) is 9.69. The van der Waals surface area contributed by atoms with E-state index in [1.54, 1.807) is 7.11 Å². The van der Waals surface area contributed by atoms with E-state index in [4.69, 9.17) is 4.74 Å². The lowest BCUT2D eigenvalue weighted by molar-refractivity contribution is 0.411. The summed E-state index contributed by atoms with van der Waals surface area (Å²) >= 11 is 3.84. The minimum absolute atomic E-state index is 0.248. The average molecular weight is 331 g/mol. The molecule has 0 heterocycles. The number of hydrogen-bond acceptors (Lipinski definition) is 1. The molecule has 2 aromatic rings. The van der Waals surface area contributed by atoms with Gasteiger partial charge in [0.05, 0.1) is 11.9 Å². The van der Waals surface area contributed by atoms with Gasteiger partial charge >= 0.3 is 0 Å². The maximum absolute atomic E-state index is 5.33. The molecule has 0 bridgehead atoms. The molecule has 0 radical (unpaired) electrons. The van der Waals surface area contributed by atoms with Crippen LogP contribution in [0.15, 0.2) is 36.4 Å². The van der Waals surface area contributed by atoms with Crippen LogP contribution in [0.3, 0.4) is 0 Å². The number of ether oxygens (including phenoxy) is 1. The van der Waals surface area contributed by atoms with Gasteiger partial charge in [-0.05, 0) is 60.1 Å². The van der Waals surface area contributed by atoms with Crippen molar-refractivity contribution in [2.24, 2.45) is 0 Å². The fraction of sp³-hybridized carbons (Fsp3) is 0.333. The van der Waals surface area contributed by atoms with E-state index in [0.29, 0.717) is 0 Å². The number of hydrogen-bond donors (Lipinski definition) is 0. The highest BCUT2D eigenvalue weighted by Crippen LogP contribution is 2.35. The molecule has 0 saturated heterocycles. The quantitative estimate of drug-likeness (QED) is 0.721. The molecule has 104 valence electrons. The van der Waals surface area contributed by atoms with Crippen LogP contribution in [0.5, 0.6) is 5.75 Å². The number of fused-ring (bicyclic) bond motifs is 1. The fourth-order valence-corrected chi connectivity index (χ4v) is 3.57. The highest BCUT2D eigenvalue weighted by molar-refractivity contribution is 9.09. The Morgan fingerprint density at radius 2 is 1.70 bits per heavy atom. The molecule has 1 aliphatic carbocycles. The van der Waals surface area contributed by atoms with Crippen LogP contribution in [-0.4, -0.2) is 7.11 Å². The van der Waals surface area contributed by atoms with Gasteiger partial charge < -0.3 is 4.74 Å². The molecular formula is C18H19BrO. The summed E-state index contributed by atoms with van der Waals surface area (Å²) in [4.78, 5) is 0.248.